The minimum absolute atomic E-state index is 0.644. The van der Waals surface area contributed by atoms with E-state index in [0.29, 0.717) is 13.2 Å². The predicted molar refractivity (Wildman–Crippen MR) is 73.3 cm³/mol. The lowest BCUT2D eigenvalue weighted by atomic mass is 10.0. The number of ether oxygens (including phenoxy) is 2. The van der Waals surface area contributed by atoms with Gasteiger partial charge < -0.3 is 9.47 Å². The molecule has 0 aromatic heterocycles. The second-order valence-electron chi connectivity index (χ2n) is 4.27. The van der Waals surface area contributed by atoms with Gasteiger partial charge in [-0.3, -0.25) is 0 Å². The van der Waals surface area contributed by atoms with Crippen LogP contribution in [-0.2, 0) is 22.7 Å². The molecule has 0 heterocycles. The zero-order valence-corrected chi connectivity index (χ0v) is 10.8. The largest absolute Gasteiger partial charge is 0.380 e. The Balaban J connectivity index is 2.29. The first kappa shape index (κ1) is 12.8. The minimum atomic E-state index is 0.644. The Morgan fingerprint density at radius 1 is 0.722 bits per heavy atom. The molecule has 0 aliphatic carbocycles. The van der Waals surface area contributed by atoms with Crippen molar-refractivity contribution in [1.82, 2.24) is 0 Å². The Labute approximate surface area is 108 Å². The summed E-state index contributed by atoms with van der Waals surface area (Å²) >= 11 is 0. The lowest BCUT2D eigenvalue weighted by molar-refractivity contribution is 0.185. The summed E-state index contributed by atoms with van der Waals surface area (Å²) < 4.78 is 10.3. The topological polar surface area (TPSA) is 18.5 Å². The number of rotatable bonds is 5. The standard InChI is InChI=1S/C16H18O2/c1-17-11-13-5-3-7-15(9-13)16-8-4-6-14(10-16)12-18-2/h3-10H,11-12H2,1-2H3. The Kier molecular flexibility index (Phi) is 4.51. The molecule has 18 heavy (non-hydrogen) atoms. The van der Waals surface area contributed by atoms with Crippen LogP contribution >= 0.6 is 0 Å². The molecule has 2 aromatic carbocycles. The molecule has 94 valence electrons. The van der Waals surface area contributed by atoms with Crippen LogP contribution in [0.1, 0.15) is 11.1 Å². The highest BCUT2D eigenvalue weighted by Crippen LogP contribution is 2.22. The quantitative estimate of drug-likeness (QED) is 0.796. The second-order valence-corrected chi connectivity index (χ2v) is 4.27. The van der Waals surface area contributed by atoms with E-state index in [1.54, 1.807) is 14.2 Å². The lowest BCUT2D eigenvalue weighted by Gasteiger charge is -2.07. The molecule has 0 N–H and O–H groups in total. The van der Waals surface area contributed by atoms with Gasteiger partial charge in [-0.25, -0.2) is 0 Å². The maximum atomic E-state index is 5.16. The van der Waals surface area contributed by atoms with Crippen LogP contribution in [0.3, 0.4) is 0 Å². The lowest BCUT2D eigenvalue weighted by Crippen LogP contribution is -1.90. The predicted octanol–water partition coefficient (Wildman–Crippen LogP) is 3.65. The minimum Gasteiger partial charge on any atom is -0.380 e. The van der Waals surface area contributed by atoms with Crippen molar-refractivity contribution in [2.24, 2.45) is 0 Å². The molecule has 2 nitrogen and oxygen atoms in total. The molecule has 2 rings (SSSR count). The van der Waals surface area contributed by atoms with E-state index in [0.717, 1.165) is 0 Å². The molecule has 2 heteroatoms. The number of hydrogen-bond donors (Lipinski definition) is 0. The third kappa shape index (κ3) is 3.19. The smallest absolute Gasteiger partial charge is 0.0713 e. The third-order valence-corrected chi connectivity index (χ3v) is 2.81. The molecule has 0 amide bonds. The summed E-state index contributed by atoms with van der Waals surface area (Å²) in [6.07, 6.45) is 0. The number of benzene rings is 2. The van der Waals surface area contributed by atoms with Gasteiger partial charge in [0.15, 0.2) is 0 Å². The normalized spacial score (nSPS) is 10.6. The van der Waals surface area contributed by atoms with Crippen molar-refractivity contribution in [3.8, 4) is 11.1 Å². The molecule has 0 fully saturated rings. The Morgan fingerprint density at radius 3 is 1.56 bits per heavy atom. The van der Waals surface area contributed by atoms with Crippen LogP contribution < -0.4 is 0 Å². The fourth-order valence-corrected chi connectivity index (χ4v) is 2.01. The Hall–Kier alpha value is -1.64. The van der Waals surface area contributed by atoms with Gasteiger partial charge in [-0.15, -0.1) is 0 Å². The molecule has 0 spiro atoms. The molecular formula is C16H18O2. The van der Waals surface area contributed by atoms with Crippen molar-refractivity contribution in [2.45, 2.75) is 13.2 Å². The van der Waals surface area contributed by atoms with Crippen LogP contribution in [0.5, 0.6) is 0 Å². The van der Waals surface area contributed by atoms with E-state index >= 15 is 0 Å². The van der Waals surface area contributed by atoms with Gasteiger partial charge in [0, 0.05) is 14.2 Å². The monoisotopic (exact) mass is 242 g/mol. The second kappa shape index (κ2) is 6.34. The molecule has 0 aliphatic heterocycles. The first-order chi connectivity index (χ1) is 8.83. The number of hydrogen-bond acceptors (Lipinski definition) is 2. The highest BCUT2D eigenvalue weighted by molar-refractivity contribution is 5.64. The van der Waals surface area contributed by atoms with Crippen molar-refractivity contribution in [3.63, 3.8) is 0 Å². The summed E-state index contributed by atoms with van der Waals surface area (Å²) in [5.74, 6) is 0. The van der Waals surface area contributed by atoms with Crippen molar-refractivity contribution in [1.29, 1.82) is 0 Å². The van der Waals surface area contributed by atoms with E-state index in [-0.39, 0.29) is 0 Å². The van der Waals surface area contributed by atoms with Crippen LogP contribution in [0.25, 0.3) is 11.1 Å². The van der Waals surface area contributed by atoms with Crippen LogP contribution in [-0.4, -0.2) is 14.2 Å². The van der Waals surface area contributed by atoms with Gasteiger partial charge in [-0.1, -0.05) is 36.4 Å². The van der Waals surface area contributed by atoms with E-state index in [2.05, 4.69) is 48.5 Å². The number of methoxy groups -OCH3 is 2. The molecule has 0 atom stereocenters. The van der Waals surface area contributed by atoms with Crippen molar-refractivity contribution in [2.75, 3.05) is 14.2 Å². The van der Waals surface area contributed by atoms with Gasteiger partial charge in [-0.2, -0.15) is 0 Å². The van der Waals surface area contributed by atoms with Crippen LogP contribution in [0.15, 0.2) is 48.5 Å². The van der Waals surface area contributed by atoms with Crippen molar-refractivity contribution in [3.05, 3.63) is 59.7 Å². The molecule has 0 bridgehead atoms. The Morgan fingerprint density at radius 2 is 1.17 bits per heavy atom. The van der Waals surface area contributed by atoms with E-state index in [4.69, 9.17) is 9.47 Å². The molecule has 0 aliphatic rings. The van der Waals surface area contributed by atoms with Gasteiger partial charge in [0.1, 0.15) is 0 Å². The third-order valence-electron chi connectivity index (χ3n) is 2.81. The van der Waals surface area contributed by atoms with Crippen molar-refractivity contribution >= 4 is 0 Å². The summed E-state index contributed by atoms with van der Waals surface area (Å²) in [7, 11) is 3.43. The van der Waals surface area contributed by atoms with E-state index in [1.807, 2.05) is 0 Å². The summed E-state index contributed by atoms with van der Waals surface area (Å²) in [6, 6.07) is 16.8. The van der Waals surface area contributed by atoms with Gasteiger partial charge in [-0.05, 0) is 34.4 Å². The van der Waals surface area contributed by atoms with E-state index in [9.17, 15) is 0 Å². The highest BCUT2D eigenvalue weighted by Gasteiger charge is 2.01. The summed E-state index contributed by atoms with van der Waals surface area (Å²) in [5.41, 5.74) is 4.80. The Bertz CT molecular complexity index is 458. The first-order valence-corrected chi connectivity index (χ1v) is 5.99. The molecule has 0 saturated heterocycles. The summed E-state index contributed by atoms with van der Waals surface area (Å²) in [6.45, 7) is 1.29. The zero-order chi connectivity index (χ0) is 12.8. The van der Waals surface area contributed by atoms with Gasteiger partial charge >= 0.3 is 0 Å². The molecule has 0 unspecified atom stereocenters. The molecule has 2 aromatic rings. The zero-order valence-electron chi connectivity index (χ0n) is 10.8. The first-order valence-electron chi connectivity index (χ1n) is 5.99. The SMILES string of the molecule is COCc1cccc(-c2cccc(COC)c2)c1. The summed E-state index contributed by atoms with van der Waals surface area (Å²) in [5, 5.41) is 0. The van der Waals surface area contributed by atoms with Crippen LogP contribution in [0.2, 0.25) is 0 Å². The van der Waals surface area contributed by atoms with Gasteiger partial charge in [0.25, 0.3) is 0 Å². The van der Waals surface area contributed by atoms with E-state index in [1.165, 1.54) is 22.3 Å². The average molecular weight is 242 g/mol. The highest BCUT2D eigenvalue weighted by atomic mass is 16.5. The van der Waals surface area contributed by atoms with Gasteiger partial charge in [0.05, 0.1) is 13.2 Å². The van der Waals surface area contributed by atoms with Crippen LogP contribution in [0.4, 0.5) is 0 Å². The summed E-state index contributed by atoms with van der Waals surface area (Å²) in [4.78, 5) is 0. The fourth-order valence-electron chi connectivity index (χ4n) is 2.01. The van der Waals surface area contributed by atoms with Gasteiger partial charge in [0.2, 0.25) is 0 Å². The van der Waals surface area contributed by atoms with E-state index < -0.39 is 0 Å². The molecular weight excluding hydrogens is 224 g/mol. The van der Waals surface area contributed by atoms with Crippen LogP contribution in [0, 0.1) is 0 Å². The fraction of sp³-hybridized carbons (Fsp3) is 0.250. The maximum Gasteiger partial charge on any atom is 0.0713 e. The maximum absolute atomic E-state index is 5.16. The molecule has 0 saturated carbocycles. The average Bonchev–Trinajstić information content (AvgIpc) is 2.40. The van der Waals surface area contributed by atoms with Crippen molar-refractivity contribution < 1.29 is 9.47 Å². The molecule has 0 radical (unpaired) electrons.